The minimum Gasteiger partial charge on any atom is -0.456 e. The molecule has 482 valence electrons. The van der Waals surface area contributed by atoms with Gasteiger partial charge in [0.15, 0.2) is 0 Å². The van der Waals surface area contributed by atoms with Crippen molar-refractivity contribution in [3.8, 4) is 0 Å². The summed E-state index contributed by atoms with van der Waals surface area (Å²) < 4.78 is 30.7. The van der Waals surface area contributed by atoms with Gasteiger partial charge in [-0.15, -0.1) is 0 Å². The number of amides is 1. The van der Waals surface area contributed by atoms with Gasteiger partial charge >= 0.3 is 13.8 Å². The van der Waals surface area contributed by atoms with Crippen LogP contribution in [0.25, 0.3) is 0 Å². The second-order valence-corrected chi connectivity index (χ2v) is 25.4. The van der Waals surface area contributed by atoms with E-state index in [-0.39, 0.29) is 31.5 Å². The Morgan fingerprint density at radius 2 is 0.762 bits per heavy atom. The summed E-state index contributed by atoms with van der Waals surface area (Å²) in [6, 6.07) is -0.876. The summed E-state index contributed by atoms with van der Waals surface area (Å²) in [7, 11) is 1.46. The van der Waals surface area contributed by atoms with Gasteiger partial charge in [0.05, 0.1) is 33.8 Å². The van der Waals surface area contributed by atoms with Crippen LogP contribution in [-0.2, 0) is 27.9 Å². The van der Waals surface area contributed by atoms with Gasteiger partial charge in [0, 0.05) is 12.8 Å². The summed E-state index contributed by atoms with van der Waals surface area (Å²) in [6.45, 7) is 6.84. The predicted octanol–water partition coefficient (Wildman–Crippen LogP) is 21.8. The van der Waals surface area contributed by atoms with E-state index in [0.717, 1.165) is 103 Å². The summed E-state index contributed by atoms with van der Waals surface area (Å²) in [5, 5.41) is 3.05. The Hall–Kier alpha value is -3.59. The topological polar surface area (TPSA) is 111 Å². The quantitative estimate of drug-likeness (QED) is 0.0205. The number of carbonyl (C=O) groups excluding carboxylic acids is 2. The lowest BCUT2D eigenvalue weighted by Crippen LogP contribution is -2.47. The monoisotopic (exact) mass is 1190 g/mol. The second kappa shape index (κ2) is 62.5. The van der Waals surface area contributed by atoms with E-state index in [0.29, 0.717) is 23.9 Å². The molecule has 1 amide bonds. The zero-order chi connectivity index (χ0) is 61.4. The maximum absolute atomic E-state index is 13.6. The van der Waals surface area contributed by atoms with Gasteiger partial charge < -0.3 is 19.4 Å². The smallest absolute Gasteiger partial charge is 0.456 e. The van der Waals surface area contributed by atoms with Crippen LogP contribution in [0.2, 0.25) is 0 Å². The Morgan fingerprint density at radius 3 is 1.18 bits per heavy atom. The lowest BCUT2D eigenvalue weighted by Gasteiger charge is -2.27. The number of rotatable bonds is 61. The molecule has 84 heavy (non-hydrogen) atoms. The normalized spacial score (nSPS) is 14.3. The first-order valence-corrected chi connectivity index (χ1v) is 35.9. The van der Waals surface area contributed by atoms with Crippen LogP contribution in [-0.4, -0.2) is 74.3 Å². The van der Waals surface area contributed by atoms with Crippen LogP contribution in [0.4, 0.5) is 0 Å². The lowest BCUT2D eigenvalue weighted by molar-refractivity contribution is -0.870. The van der Waals surface area contributed by atoms with Crippen LogP contribution < -0.4 is 5.32 Å². The predicted molar refractivity (Wildman–Crippen MR) is 364 cm³/mol. The molecule has 3 unspecified atom stereocenters. The van der Waals surface area contributed by atoms with Gasteiger partial charge in [0.1, 0.15) is 19.3 Å². The van der Waals surface area contributed by atoms with E-state index in [1.807, 2.05) is 33.3 Å². The van der Waals surface area contributed by atoms with Gasteiger partial charge in [-0.05, 0) is 122 Å². The molecular weight excluding hydrogens is 1060 g/mol. The van der Waals surface area contributed by atoms with Crippen molar-refractivity contribution in [1.82, 2.24) is 5.32 Å². The molecule has 0 heterocycles. The molecule has 0 spiro atoms. The van der Waals surface area contributed by atoms with E-state index in [1.54, 1.807) is 0 Å². The number of unbranched alkanes of at least 4 members (excludes halogenated alkanes) is 27. The average molecular weight is 1190 g/mol. The van der Waals surface area contributed by atoms with Gasteiger partial charge in [-0.2, -0.15) is 0 Å². The highest BCUT2D eigenvalue weighted by Crippen LogP contribution is 2.43. The van der Waals surface area contributed by atoms with Gasteiger partial charge in [-0.25, -0.2) is 4.57 Å². The number of hydrogen-bond donors (Lipinski definition) is 2. The largest absolute Gasteiger partial charge is 0.472 e. The number of ether oxygens (including phenoxy) is 1. The average Bonchev–Trinajstić information content (AvgIpc) is 3.65. The van der Waals surface area contributed by atoms with Crippen molar-refractivity contribution in [2.75, 3.05) is 40.9 Å². The lowest BCUT2D eigenvalue weighted by atomic mass is 10.0. The van der Waals surface area contributed by atoms with E-state index >= 15 is 0 Å². The van der Waals surface area contributed by atoms with E-state index in [1.165, 1.54) is 141 Å². The van der Waals surface area contributed by atoms with Crippen molar-refractivity contribution in [2.45, 2.75) is 296 Å². The molecule has 0 radical (unpaired) electrons. The van der Waals surface area contributed by atoms with Crippen molar-refractivity contribution in [3.05, 3.63) is 122 Å². The van der Waals surface area contributed by atoms with Crippen LogP contribution in [0.5, 0.6) is 0 Å². The van der Waals surface area contributed by atoms with Crippen LogP contribution >= 0.6 is 7.82 Å². The Morgan fingerprint density at radius 1 is 0.429 bits per heavy atom. The summed E-state index contributed by atoms with van der Waals surface area (Å²) in [4.78, 5) is 37.8. The summed E-state index contributed by atoms with van der Waals surface area (Å²) in [5.74, 6) is -0.561. The number of nitrogens with one attached hydrogen (secondary N) is 1. The van der Waals surface area contributed by atoms with Crippen molar-refractivity contribution in [2.24, 2.45) is 0 Å². The molecule has 0 saturated carbocycles. The summed E-state index contributed by atoms with van der Waals surface area (Å²) in [5.41, 5.74) is 0. The van der Waals surface area contributed by atoms with E-state index in [4.69, 9.17) is 13.8 Å². The van der Waals surface area contributed by atoms with Crippen molar-refractivity contribution >= 4 is 19.7 Å². The Balaban J connectivity index is 5.19. The Bertz CT molecular complexity index is 1850. The van der Waals surface area contributed by atoms with E-state index < -0.39 is 20.0 Å². The number of hydrogen-bond acceptors (Lipinski definition) is 6. The third-order valence-corrected chi connectivity index (χ3v) is 15.6. The van der Waals surface area contributed by atoms with E-state index in [2.05, 4.69) is 135 Å². The molecule has 3 atom stereocenters. The first-order valence-electron chi connectivity index (χ1n) is 34.4. The van der Waals surface area contributed by atoms with Crippen LogP contribution in [0.3, 0.4) is 0 Å². The van der Waals surface area contributed by atoms with Gasteiger partial charge in [-0.3, -0.25) is 18.6 Å². The van der Waals surface area contributed by atoms with Crippen LogP contribution in [0.1, 0.15) is 284 Å². The van der Waals surface area contributed by atoms with Crippen LogP contribution in [0, 0.1) is 0 Å². The number of phosphoric ester groups is 1. The number of carbonyl (C=O) groups is 2. The number of esters is 1. The molecular formula is C74H130N2O7P+. The van der Waals surface area contributed by atoms with Crippen LogP contribution in [0.15, 0.2) is 122 Å². The SMILES string of the molecule is CC/C=C\C/C=C\C/C=C\C/C=C\C/C=C\C/C=C\CCCCC(=O)OC(/C=C\CCCCCCCCCCCC)C(COP(=O)(O)OCC[N+](C)(C)C)NC(=O)CCCCCCCCCCCCCC/C=C\C/C=C\C/C=C\CCCCC. The van der Waals surface area contributed by atoms with Gasteiger partial charge in [0.25, 0.3) is 0 Å². The van der Waals surface area contributed by atoms with Crippen molar-refractivity contribution in [1.29, 1.82) is 0 Å². The first-order chi connectivity index (χ1) is 40.9. The van der Waals surface area contributed by atoms with Gasteiger partial charge in [0.2, 0.25) is 5.91 Å². The molecule has 0 aliphatic carbocycles. The summed E-state index contributed by atoms with van der Waals surface area (Å²) >= 11 is 0. The highest BCUT2D eigenvalue weighted by molar-refractivity contribution is 7.47. The molecule has 10 heteroatoms. The number of likely N-dealkylation sites (N-methyl/N-ethyl adjacent to an activating group) is 1. The fourth-order valence-corrected chi connectivity index (χ4v) is 10.1. The molecule has 0 aliphatic heterocycles. The van der Waals surface area contributed by atoms with Gasteiger partial charge in [-0.1, -0.05) is 271 Å². The number of allylic oxidation sites excluding steroid dienone is 19. The molecule has 0 aromatic rings. The second-order valence-electron chi connectivity index (χ2n) is 24.0. The highest BCUT2D eigenvalue weighted by atomic mass is 31.2. The molecule has 0 fully saturated rings. The molecule has 9 nitrogen and oxygen atoms in total. The maximum atomic E-state index is 13.6. The fraction of sp³-hybridized carbons (Fsp3) is 0.703. The molecule has 0 aromatic carbocycles. The number of nitrogens with zero attached hydrogens (tertiary/aromatic N) is 1. The molecule has 0 rings (SSSR count). The molecule has 0 saturated heterocycles. The fourth-order valence-electron chi connectivity index (χ4n) is 9.36. The minimum atomic E-state index is -4.47. The zero-order valence-corrected chi connectivity index (χ0v) is 56.0. The molecule has 0 bridgehead atoms. The Kier molecular flexibility index (Phi) is 59.8. The summed E-state index contributed by atoms with van der Waals surface area (Å²) in [6.07, 6.45) is 87.8. The highest BCUT2D eigenvalue weighted by Gasteiger charge is 2.30. The maximum Gasteiger partial charge on any atom is 0.472 e. The van der Waals surface area contributed by atoms with Crippen molar-refractivity contribution < 1.29 is 37.3 Å². The number of phosphoric acid groups is 1. The number of quaternary nitrogens is 1. The van der Waals surface area contributed by atoms with E-state index in [9.17, 15) is 19.0 Å². The standard InChI is InChI=1S/C74H129N2O7P/c1-7-10-13-16-19-22-25-28-30-32-34-36-37-38-39-41-42-44-46-48-51-54-57-60-63-66-73(77)75-71(70-82-84(79,80)81-69-68-76(4,5)6)72(65-62-59-56-53-50-27-24-21-18-15-12-9-3)83-74(78)67-64-61-58-55-52-49-47-45-43-40-35-33-31-29-26-23-20-17-14-11-8-2/h11,14,19-20,22-23,28-31,34-36,40,45,47,52,55,62,65,71-72H,7-10,12-13,15-18,21,24-27,32-33,37-39,41-44,46,48-51,53-54,56-61,63-64,66-70H2,1-6H3,(H-,75,77,79,80)/p+1/b14-11-,22-19-,23-20-,30-28-,31-29-,36-34-,40-35-,47-45-,55-52-,65-62-. The first kappa shape index (κ1) is 80.4. The molecule has 2 N–H and O–H groups in total. The molecule has 0 aliphatic rings. The molecule has 0 aromatic heterocycles. The zero-order valence-electron chi connectivity index (χ0n) is 55.1. The van der Waals surface area contributed by atoms with Crippen molar-refractivity contribution in [3.63, 3.8) is 0 Å². The minimum absolute atomic E-state index is 0.0270. The Labute approximate surface area is 518 Å². The third-order valence-electron chi connectivity index (χ3n) is 14.6. The third kappa shape index (κ3) is 62.9.